The molecule has 6 nitrogen and oxygen atoms in total. The highest BCUT2D eigenvalue weighted by Gasteiger charge is 2.17. The van der Waals surface area contributed by atoms with Crippen molar-refractivity contribution in [3.8, 4) is 16.9 Å². The van der Waals surface area contributed by atoms with Gasteiger partial charge in [0.25, 0.3) is 0 Å². The fraction of sp³-hybridized carbons (Fsp3) is 0.273. The van der Waals surface area contributed by atoms with E-state index in [-0.39, 0.29) is 12.0 Å². The lowest BCUT2D eigenvalue weighted by Gasteiger charge is -2.14. The van der Waals surface area contributed by atoms with Gasteiger partial charge in [-0.25, -0.2) is 4.79 Å². The molecule has 0 saturated carbocycles. The number of halogens is 1. The summed E-state index contributed by atoms with van der Waals surface area (Å²) < 4.78 is 21.5. The summed E-state index contributed by atoms with van der Waals surface area (Å²) >= 11 is 5.90. The maximum Gasteiger partial charge on any atom is 0.347 e. The maximum absolute atomic E-state index is 12.8. The van der Waals surface area contributed by atoms with Crippen LogP contribution in [0.4, 0.5) is 0 Å². The Bertz CT molecular complexity index is 1040. The number of hydrogen-bond acceptors (Lipinski definition) is 6. The molecule has 1 heterocycles. The molecule has 0 fully saturated rings. The Morgan fingerprint density at radius 2 is 1.90 bits per heavy atom. The molecule has 152 valence electrons. The third-order valence-electron chi connectivity index (χ3n) is 4.22. The maximum atomic E-state index is 12.8. The van der Waals surface area contributed by atoms with E-state index in [9.17, 15) is 9.59 Å². The van der Waals surface area contributed by atoms with Crippen molar-refractivity contribution in [1.29, 1.82) is 0 Å². The fourth-order valence-corrected chi connectivity index (χ4v) is 2.85. The van der Waals surface area contributed by atoms with Crippen LogP contribution in [-0.4, -0.2) is 31.9 Å². The molecule has 7 heteroatoms. The molecule has 0 saturated heterocycles. The molecule has 1 unspecified atom stereocenters. The van der Waals surface area contributed by atoms with Crippen molar-refractivity contribution < 1.29 is 23.4 Å². The van der Waals surface area contributed by atoms with E-state index in [0.29, 0.717) is 46.1 Å². The van der Waals surface area contributed by atoms with E-state index in [1.807, 2.05) is 6.92 Å². The number of hydrogen-bond donors (Lipinski definition) is 0. The van der Waals surface area contributed by atoms with Crippen molar-refractivity contribution in [3.63, 3.8) is 0 Å². The quantitative estimate of drug-likeness (QED) is 0.398. The van der Waals surface area contributed by atoms with Gasteiger partial charge in [-0.3, -0.25) is 4.79 Å². The number of esters is 1. The molecule has 0 aliphatic carbocycles. The van der Waals surface area contributed by atoms with Gasteiger partial charge in [-0.05, 0) is 43.7 Å². The van der Waals surface area contributed by atoms with Gasteiger partial charge in [0, 0.05) is 17.7 Å². The van der Waals surface area contributed by atoms with Crippen molar-refractivity contribution >= 4 is 28.5 Å². The lowest BCUT2D eigenvalue weighted by molar-refractivity contribution is -0.152. The van der Waals surface area contributed by atoms with Crippen molar-refractivity contribution in [2.75, 3.05) is 19.8 Å². The second-order valence-corrected chi connectivity index (χ2v) is 6.70. The zero-order chi connectivity index (χ0) is 20.8. The predicted octanol–water partition coefficient (Wildman–Crippen LogP) is 4.46. The third-order valence-corrected chi connectivity index (χ3v) is 4.47. The first-order valence-electron chi connectivity index (χ1n) is 9.22. The Morgan fingerprint density at radius 1 is 1.14 bits per heavy atom. The van der Waals surface area contributed by atoms with E-state index in [1.54, 1.807) is 49.4 Å². The largest absolute Gasteiger partial charge is 0.479 e. The molecule has 3 rings (SSSR count). The molecule has 2 aromatic carbocycles. The molecule has 1 atom stereocenters. The Hall–Kier alpha value is -2.83. The van der Waals surface area contributed by atoms with Gasteiger partial charge >= 0.3 is 5.97 Å². The third kappa shape index (κ3) is 5.16. The molecule has 0 N–H and O–H groups in total. The predicted molar refractivity (Wildman–Crippen MR) is 110 cm³/mol. The number of carbonyl (C=O) groups is 1. The van der Waals surface area contributed by atoms with Gasteiger partial charge in [-0.2, -0.15) is 0 Å². The van der Waals surface area contributed by atoms with Crippen LogP contribution < -0.4 is 10.2 Å². The minimum Gasteiger partial charge on any atom is -0.479 e. The van der Waals surface area contributed by atoms with E-state index >= 15 is 0 Å². The molecule has 0 spiro atoms. The van der Waals surface area contributed by atoms with Crippen LogP contribution in [0.15, 0.2) is 57.9 Å². The normalized spacial score (nSPS) is 12.0. The summed E-state index contributed by atoms with van der Waals surface area (Å²) in [6, 6.07) is 11.8. The van der Waals surface area contributed by atoms with Crippen LogP contribution in [0.25, 0.3) is 22.1 Å². The zero-order valence-electron chi connectivity index (χ0n) is 16.1. The molecular weight excluding hydrogens is 396 g/mol. The molecule has 0 bridgehead atoms. The minimum atomic E-state index is -0.811. The molecule has 29 heavy (non-hydrogen) atoms. The van der Waals surface area contributed by atoms with Gasteiger partial charge in [-0.15, -0.1) is 0 Å². The Balaban J connectivity index is 1.75. The van der Waals surface area contributed by atoms with Gasteiger partial charge in [0.2, 0.25) is 0 Å². The number of rotatable bonds is 8. The first kappa shape index (κ1) is 20.9. The van der Waals surface area contributed by atoms with Crippen molar-refractivity contribution in [3.05, 3.63) is 64.0 Å². The Morgan fingerprint density at radius 3 is 2.62 bits per heavy atom. The van der Waals surface area contributed by atoms with E-state index in [2.05, 4.69) is 0 Å². The van der Waals surface area contributed by atoms with Crippen LogP contribution in [0.1, 0.15) is 13.8 Å². The van der Waals surface area contributed by atoms with Gasteiger partial charge < -0.3 is 18.6 Å². The standard InChI is InChI=1S/C22H21ClO6/c1-3-26-10-11-27-22(25)14(2)29-17-8-9-18-20(12-17)28-13-19(21(18)24)15-4-6-16(23)7-5-15/h4-9,12-14H,3,10-11H2,1-2H3. The van der Waals surface area contributed by atoms with Gasteiger partial charge in [0.15, 0.2) is 11.5 Å². The first-order valence-corrected chi connectivity index (χ1v) is 9.60. The molecule has 0 aliphatic heterocycles. The highest BCUT2D eigenvalue weighted by atomic mass is 35.5. The summed E-state index contributed by atoms with van der Waals surface area (Å²) in [4.78, 5) is 24.8. The van der Waals surface area contributed by atoms with Crippen LogP contribution in [0.2, 0.25) is 5.02 Å². The average molecular weight is 417 g/mol. The summed E-state index contributed by atoms with van der Waals surface area (Å²) in [5.74, 6) is -0.0986. The highest BCUT2D eigenvalue weighted by Crippen LogP contribution is 2.24. The molecule has 3 aromatic rings. The number of benzene rings is 2. The van der Waals surface area contributed by atoms with Crippen molar-refractivity contribution in [2.45, 2.75) is 20.0 Å². The summed E-state index contributed by atoms with van der Waals surface area (Å²) in [7, 11) is 0. The van der Waals surface area contributed by atoms with Crippen LogP contribution >= 0.6 is 11.6 Å². The zero-order valence-corrected chi connectivity index (χ0v) is 16.9. The first-order chi connectivity index (χ1) is 14.0. The minimum absolute atomic E-state index is 0.163. The molecular formula is C22H21ClO6. The lowest BCUT2D eigenvalue weighted by Crippen LogP contribution is -2.27. The fourth-order valence-electron chi connectivity index (χ4n) is 2.73. The lowest BCUT2D eigenvalue weighted by atomic mass is 10.1. The van der Waals surface area contributed by atoms with Gasteiger partial charge in [0.1, 0.15) is 24.2 Å². The summed E-state index contributed by atoms with van der Waals surface area (Å²) in [6.07, 6.45) is 0.595. The Labute approximate surface area is 172 Å². The monoisotopic (exact) mass is 416 g/mol. The van der Waals surface area contributed by atoms with Gasteiger partial charge in [0.05, 0.1) is 17.6 Å². The number of carbonyl (C=O) groups excluding carboxylic acids is 1. The van der Waals surface area contributed by atoms with E-state index in [4.69, 9.17) is 30.2 Å². The van der Waals surface area contributed by atoms with E-state index < -0.39 is 12.1 Å². The summed E-state index contributed by atoms with van der Waals surface area (Å²) in [5, 5.41) is 1.00. The SMILES string of the molecule is CCOCCOC(=O)C(C)Oc1ccc2c(=O)c(-c3ccc(Cl)cc3)coc2c1. The van der Waals surface area contributed by atoms with Gasteiger partial charge in [-0.1, -0.05) is 23.7 Å². The highest BCUT2D eigenvalue weighted by molar-refractivity contribution is 6.30. The summed E-state index contributed by atoms with van der Waals surface area (Å²) in [5.41, 5.74) is 1.36. The number of ether oxygens (including phenoxy) is 3. The molecule has 1 aromatic heterocycles. The van der Waals surface area contributed by atoms with Crippen LogP contribution in [-0.2, 0) is 14.3 Å². The molecule has 0 amide bonds. The second-order valence-electron chi connectivity index (χ2n) is 6.27. The second kappa shape index (κ2) is 9.58. The topological polar surface area (TPSA) is 75.0 Å². The average Bonchev–Trinajstić information content (AvgIpc) is 2.72. The van der Waals surface area contributed by atoms with Crippen LogP contribution in [0.3, 0.4) is 0 Å². The smallest absolute Gasteiger partial charge is 0.347 e. The van der Waals surface area contributed by atoms with E-state index in [1.165, 1.54) is 6.26 Å². The summed E-state index contributed by atoms with van der Waals surface area (Å²) in [6.45, 7) is 4.52. The van der Waals surface area contributed by atoms with Crippen molar-refractivity contribution in [1.82, 2.24) is 0 Å². The van der Waals surface area contributed by atoms with E-state index in [0.717, 1.165) is 0 Å². The molecule has 0 radical (unpaired) electrons. The Kier molecular flexibility index (Phi) is 6.90. The number of fused-ring (bicyclic) bond motifs is 1. The molecule has 0 aliphatic rings. The van der Waals surface area contributed by atoms with Crippen molar-refractivity contribution in [2.24, 2.45) is 0 Å². The van der Waals surface area contributed by atoms with Crippen LogP contribution in [0, 0.1) is 0 Å². The van der Waals surface area contributed by atoms with Crippen LogP contribution in [0.5, 0.6) is 5.75 Å².